The average Bonchev–Trinajstić information content (AvgIpc) is 3.09. The van der Waals surface area contributed by atoms with Crippen LogP contribution in [-0.2, 0) is 22.3 Å². The van der Waals surface area contributed by atoms with Crippen LogP contribution in [0.1, 0.15) is 26.6 Å². The second-order valence-corrected chi connectivity index (χ2v) is 9.85. The summed E-state index contributed by atoms with van der Waals surface area (Å²) in [5.74, 6) is 1.69. The second-order valence-electron chi connectivity index (χ2n) is 6.97. The molecule has 0 atom stereocenters. The maximum atomic E-state index is 12.9. The summed E-state index contributed by atoms with van der Waals surface area (Å²) in [5.41, 5.74) is 7.33. The number of fused-ring (bicyclic) bond motifs is 1. The van der Waals surface area contributed by atoms with Crippen molar-refractivity contribution in [1.29, 1.82) is 0 Å². The Bertz CT molecular complexity index is 1170. The molecule has 0 aliphatic carbocycles. The second kappa shape index (κ2) is 9.37. The molecular formula is C19H28N8O2S2. The number of benzene rings is 1. The lowest BCUT2D eigenvalue weighted by atomic mass is 10.3. The van der Waals surface area contributed by atoms with Gasteiger partial charge in [0.1, 0.15) is 5.82 Å². The Morgan fingerprint density at radius 3 is 2.39 bits per heavy atom. The summed E-state index contributed by atoms with van der Waals surface area (Å²) in [7, 11) is 0.135. The van der Waals surface area contributed by atoms with E-state index in [1.54, 1.807) is 17.0 Å². The van der Waals surface area contributed by atoms with Crippen LogP contribution in [0, 0.1) is 0 Å². The van der Waals surface area contributed by atoms with Crippen molar-refractivity contribution in [3.8, 4) is 0 Å². The van der Waals surface area contributed by atoms with E-state index in [0.717, 1.165) is 10.7 Å². The summed E-state index contributed by atoms with van der Waals surface area (Å²) in [5, 5.41) is 0.764. The van der Waals surface area contributed by atoms with Gasteiger partial charge >= 0.3 is 0 Å². The number of thioether (sulfide) groups is 1. The first-order valence-corrected chi connectivity index (χ1v) is 12.4. The number of imidazole rings is 1. The lowest BCUT2D eigenvalue weighted by Crippen LogP contribution is -2.30. The van der Waals surface area contributed by atoms with Gasteiger partial charge in [-0.15, -0.1) is 0 Å². The van der Waals surface area contributed by atoms with Crippen molar-refractivity contribution < 1.29 is 8.42 Å². The van der Waals surface area contributed by atoms with Crippen molar-refractivity contribution in [2.75, 3.05) is 37.8 Å². The molecule has 0 aliphatic heterocycles. The number of nitrogen functional groups attached to an aromatic ring is 1. The molecule has 0 bridgehead atoms. The maximum Gasteiger partial charge on any atom is 0.243 e. The van der Waals surface area contributed by atoms with E-state index in [1.807, 2.05) is 45.5 Å². The van der Waals surface area contributed by atoms with Gasteiger partial charge in [0.05, 0.1) is 21.7 Å². The summed E-state index contributed by atoms with van der Waals surface area (Å²) in [4.78, 5) is 19.5. The number of nitrogens with two attached hydrogens (primary N) is 1. The summed E-state index contributed by atoms with van der Waals surface area (Å²) in [6.45, 7) is 7.22. The Kier molecular flexibility index (Phi) is 7.02. The van der Waals surface area contributed by atoms with Crippen molar-refractivity contribution in [3.63, 3.8) is 0 Å². The lowest BCUT2D eigenvalue weighted by molar-refractivity contribution is 0.445. The molecule has 0 radical (unpaired) electrons. The number of hydrogen-bond donors (Lipinski definition) is 1. The third kappa shape index (κ3) is 4.75. The number of anilines is 2. The molecule has 0 unspecified atom stereocenters. The molecule has 0 saturated carbocycles. The SMILES string of the molecule is CCN(CC)S(=O)(=O)c1ccc2c(c1)nc(SCc1nc(N)nc(N(C)C)n1)n2CC. The highest BCUT2D eigenvalue weighted by Crippen LogP contribution is 2.28. The van der Waals surface area contributed by atoms with Gasteiger partial charge in [-0.05, 0) is 25.1 Å². The third-order valence-electron chi connectivity index (χ3n) is 4.76. The van der Waals surface area contributed by atoms with Crippen LogP contribution in [0.2, 0.25) is 0 Å². The summed E-state index contributed by atoms with van der Waals surface area (Å²) in [6.07, 6.45) is 0. The Labute approximate surface area is 186 Å². The number of rotatable bonds is 9. The zero-order chi connectivity index (χ0) is 22.8. The Balaban J connectivity index is 1.93. The Hall–Kier alpha value is -2.44. The van der Waals surface area contributed by atoms with E-state index in [1.165, 1.54) is 16.1 Å². The summed E-state index contributed by atoms with van der Waals surface area (Å²) < 4.78 is 29.2. The molecule has 0 aliphatic rings. The van der Waals surface area contributed by atoms with Gasteiger partial charge < -0.3 is 15.2 Å². The van der Waals surface area contributed by atoms with Crippen LogP contribution >= 0.6 is 11.8 Å². The molecule has 2 heterocycles. The third-order valence-corrected chi connectivity index (χ3v) is 7.78. The molecule has 2 aromatic heterocycles. The largest absolute Gasteiger partial charge is 0.368 e. The molecule has 3 rings (SSSR count). The standard InChI is InChI=1S/C19H28N8O2S2/c1-6-26(7-2)31(28,29)13-9-10-15-14(11-13)21-19(27(15)8-3)30-12-16-22-17(20)24-18(23-16)25(4)5/h9-11H,6-8,12H2,1-5H3,(H2,20,22,23,24). The molecule has 1 aromatic carbocycles. The number of hydrogen-bond acceptors (Lipinski definition) is 9. The van der Waals surface area contributed by atoms with E-state index in [9.17, 15) is 8.42 Å². The van der Waals surface area contributed by atoms with Gasteiger partial charge in [-0.3, -0.25) is 0 Å². The van der Waals surface area contributed by atoms with Crippen LogP contribution in [0.25, 0.3) is 11.0 Å². The van der Waals surface area contributed by atoms with Crippen LogP contribution in [0.5, 0.6) is 0 Å². The molecule has 12 heteroatoms. The predicted octanol–water partition coefficient (Wildman–Crippen LogP) is 2.21. The lowest BCUT2D eigenvalue weighted by Gasteiger charge is -2.18. The van der Waals surface area contributed by atoms with Crippen molar-refractivity contribution in [3.05, 3.63) is 24.0 Å². The van der Waals surface area contributed by atoms with Gasteiger partial charge in [-0.2, -0.15) is 19.3 Å². The van der Waals surface area contributed by atoms with Crippen molar-refractivity contribution in [2.24, 2.45) is 0 Å². The molecule has 0 saturated heterocycles. The van der Waals surface area contributed by atoms with Crippen molar-refractivity contribution in [1.82, 2.24) is 28.8 Å². The minimum absolute atomic E-state index is 0.171. The highest BCUT2D eigenvalue weighted by Gasteiger charge is 2.23. The van der Waals surface area contributed by atoms with E-state index in [4.69, 9.17) is 10.7 Å². The Morgan fingerprint density at radius 1 is 1.06 bits per heavy atom. The van der Waals surface area contributed by atoms with Crippen LogP contribution in [0.4, 0.5) is 11.9 Å². The van der Waals surface area contributed by atoms with Gasteiger partial charge in [-0.1, -0.05) is 25.6 Å². The van der Waals surface area contributed by atoms with Crippen LogP contribution < -0.4 is 10.6 Å². The van der Waals surface area contributed by atoms with Crippen LogP contribution in [0.15, 0.2) is 28.3 Å². The molecule has 0 fully saturated rings. The molecule has 0 spiro atoms. The van der Waals surface area contributed by atoms with Crippen molar-refractivity contribution in [2.45, 2.75) is 43.1 Å². The smallest absolute Gasteiger partial charge is 0.243 e. The normalized spacial score (nSPS) is 12.1. The van der Waals surface area contributed by atoms with E-state index in [0.29, 0.717) is 42.7 Å². The fraction of sp³-hybridized carbons (Fsp3) is 0.474. The number of nitrogens with zero attached hydrogens (tertiary/aromatic N) is 7. The minimum atomic E-state index is -3.54. The Morgan fingerprint density at radius 2 is 1.77 bits per heavy atom. The molecular weight excluding hydrogens is 436 g/mol. The predicted molar refractivity (Wildman–Crippen MR) is 124 cm³/mol. The van der Waals surface area contributed by atoms with Crippen molar-refractivity contribution >= 4 is 44.7 Å². The first-order chi connectivity index (χ1) is 14.7. The number of sulfonamides is 1. The minimum Gasteiger partial charge on any atom is -0.368 e. The van der Waals surface area contributed by atoms with Crippen LogP contribution in [-0.4, -0.2) is 64.4 Å². The molecule has 3 aromatic rings. The summed E-state index contributed by atoms with van der Waals surface area (Å²) >= 11 is 1.47. The van der Waals surface area contributed by atoms with E-state index >= 15 is 0 Å². The molecule has 31 heavy (non-hydrogen) atoms. The van der Waals surface area contributed by atoms with Gasteiger partial charge in [0, 0.05) is 33.7 Å². The average molecular weight is 465 g/mol. The highest BCUT2D eigenvalue weighted by molar-refractivity contribution is 7.98. The zero-order valence-electron chi connectivity index (χ0n) is 18.4. The maximum absolute atomic E-state index is 12.9. The van der Waals surface area contributed by atoms with E-state index in [2.05, 4.69) is 15.0 Å². The first kappa shape index (κ1) is 23.2. The van der Waals surface area contributed by atoms with E-state index < -0.39 is 10.0 Å². The number of aromatic nitrogens is 5. The van der Waals surface area contributed by atoms with E-state index in [-0.39, 0.29) is 10.8 Å². The molecule has 0 amide bonds. The van der Waals surface area contributed by atoms with Gasteiger partial charge in [0.15, 0.2) is 5.16 Å². The molecule has 2 N–H and O–H groups in total. The number of aryl methyl sites for hydroxylation is 1. The summed E-state index contributed by atoms with van der Waals surface area (Å²) in [6, 6.07) is 5.11. The molecule has 168 valence electrons. The zero-order valence-corrected chi connectivity index (χ0v) is 20.0. The molecule has 10 nitrogen and oxygen atoms in total. The van der Waals surface area contributed by atoms with Gasteiger partial charge in [0.25, 0.3) is 0 Å². The monoisotopic (exact) mass is 464 g/mol. The topological polar surface area (TPSA) is 123 Å². The first-order valence-electron chi connectivity index (χ1n) is 10.0. The van der Waals surface area contributed by atoms with Gasteiger partial charge in [-0.25, -0.2) is 13.4 Å². The van der Waals surface area contributed by atoms with Crippen LogP contribution in [0.3, 0.4) is 0 Å². The fourth-order valence-corrected chi connectivity index (χ4v) is 5.61. The fourth-order valence-electron chi connectivity index (χ4n) is 3.20. The quantitative estimate of drug-likeness (QED) is 0.475. The van der Waals surface area contributed by atoms with Gasteiger partial charge in [0.2, 0.25) is 21.9 Å². The highest BCUT2D eigenvalue weighted by atomic mass is 32.2.